The molecule has 4 aromatic rings. The topological polar surface area (TPSA) is 75.9 Å². The summed E-state index contributed by atoms with van der Waals surface area (Å²) in [7, 11) is 1.75. The van der Waals surface area contributed by atoms with Crippen LogP contribution in [0.25, 0.3) is 11.1 Å². The number of hydrogen-bond donors (Lipinski definition) is 0. The zero-order valence-electron chi connectivity index (χ0n) is 22.7. The molecule has 2 atom stereocenters. The summed E-state index contributed by atoms with van der Waals surface area (Å²) in [5, 5.41) is 4.35. The summed E-state index contributed by atoms with van der Waals surface area (Å²) in [6.07, 6.45) is -1.05. The molecule has 0 spiro atoms. The molecule has 1 aromatic carbocycles. The Morgan fingerprint density at radius 1 is 0.907 bits per heavy atom. The molecular weight excluding hydrogens is 621 g/mol. The van der Waals surface area contributed by atoms with E-state index >= 15 is 0 Å². The molecule has 0 saturated carbocycles. The first-order chi connectivity index (χ1) is 20.2. The molecule has 1 fully saturated rings. The van der Waals surface area contributed by atoms with Gasteiger partial charge in [-0.25, -0.2) is 15.0 Å². The van der Waals surface area contributed by atoms with Crippen molar-refractivity contribution >= 4 is 35.0 Å². The van der Waals surface area contributed by atoms with Gasteiger partial charge in [0.05, 0.1) is 29.6 Å². The number of hydrogen-bond acceptors (Lipinski definition) is 7. The minimum absolute atomic E-state index is 0.0208. The van der Waals surface area contributed by atoms with Crippen molar-refractivity contribution in [2.75, 3.05) is 16.3 Å². The molecule has 1 aliphatic rings. The molecule has 0 aliphatic carbocycles. The Labute approximate surface area is 252 Å². The van der Waals surface area contributed by atoms with Gasteiger partial charge in [0, 0.05) is 55.9 Å². The predicted octanol–water partition coefficient (Wildman–Crippen LogP) is 7.08. The van der Waals surface area contributed by atoms with Crippen LogP contribution in [0.1, 0.15) is 36.5 Å². The highest BCUT2D eigenvalue weighted by molar-refractivity contribution is 6.33. The highest BCUT2D eigenvalue weighted by atomic mass is 35.5. The summed E-state index contributed by atoms with van der Waals surface area (Å²) >= 11 is 12.4. The molecule has 0 unspecified atom stereocenters. The first kappa shape index (κ1) is 30.8. The maximum Gasteiger partial charge on any atom is 0.416 e. The zero-order chi connectivity index (χ0) is 31.1. The van der Waals surface area contributed by atoms with E-state index in [1.807, 2.05) is 11.8 Å². The van der Waals surface area contributed by atoms with Crippen molar-refractivity contribution in [3.05, 3.63) is 76.2 Å². The number of rotatable bonds is 7. The molecule has 0 bridgehead atoms. The molecular formula is C27H24Cl2F6N8. The third-order valence-electron chi connectivity index (χ3n) is 7.21. The van der Waals surface area contributed by atoms with E-state index < -0.39 is 29.5 Å². The second-order valence-corrected chi connectivity index (χ2v) is 10.9. The van der Waals surface area contributed by atoms with Crippen molar-refractivity contribution in [2.45, 2.75) is 50.7 Å². The van der Waals surface area contributed by atoms with Crippen molar-refractivity contribution in [1.82, 2.24) is 29.7 Å². The summed E-state index contributed by atoms with van der Waals surface area (Å²) in [5.74, 6) is 0.509. The van der Waals surface area contributed by atoms with Crippen molar-refractivity contribution in [1.29, 1.82) is 0 Å². The molecule has 0 N–H and O–H groups in total. The molecule has 3 aromatic heterocycles. The fraction of sp³-hybridized carbons (Fsp3) is 0.370. The molecule has 1 saturated heterocycles. The molecule has 4 heterocycles. The minimum atomic E-state index is -4.98. The van der Waals surface area contributed by atoms with Crippen LogP contribution < -0.4 is 9.80 Å². The molecule has 16 heteroatoms. The predicted molar refractivity (Wildman–Crippen MR) is 149 cm³/mol. The molecule has 0 amide bonds. The lowest BCUT2D eigenvalue weighted by Gasteiger charge is -2.30. The normalized spacial score (nSPS) is 17.5. The van der Waals surface area contributed by atoms with Crippen molar-refractivity contribution in [2.24, 2.45) is 7.05 Å². The maximum absolute atomic E-state index is 13.7. The molecule has 5 rings (SSSR count). The van der Waals surface area contributed by atoms with Gasteiger partial charge in [-0.05, 0) is 48.2 Å². The Morgan fingerprint density at radius 2 is 1.56 bits per heavy atom. The summed E-state index contributed by atoms with van der Waals surface area (Å²) in [6, 6.07) is 0.980. The average molecular weight is 645 g/mol. The highest BCUT2D eigenvalue weighted by Gasteiger charge is 2.40. The van der Waals surface area contributed by atoms with Crippen molar-refractivity contribution in [3.63, 3.8) is 0 Å². The van der Waals surface area contributed by atoms with Gasteiger partial charge in [-0.3, -0.25) is 4.68 Å². The number of aryl methyl sites for hydroxylation is 1. The summed E-state index contributed by atoms with van der Waals surface area (Å²) in [6.45, 7) is 1.89. The van der Waals surface area contributed by atoms with Gasteiger partial charge >= 0.3 is 12.4 Å². The first-order valence-corrected chi connectivity index (χ1v) is 13.8. The monoisotopic (exact) mass is 644 g/mol. The van der Waals surface area contributed by atoms with E-state index in [-0.39, 0.29) is 47.0 Å². The smallest absolute Gasteiger partial charge is 0.350 e. The summed E-state index contributed by atoms with van der Waals surface area (Å²) < 4.78 is 83.5. The molecule has 228 valence electrons. The van der Waals surface area contributed by atoms with E-state index in [2.05, 4.69) is 25.0 Å². The lowest BCUT2D eigenvalue weighted by atomic mass is 10.0. The average Bonchev–Trinajstić information content (AvgIpc) is 3.58. The van der Waals surface area contributed by atoms with Crippen molar-refractivity contribution in [3.8, 4) is 11.1 Å². The number of anilines is 2. The van der Waals surface area contributed by atoms with Crippen LogP contribution >= 0.6 is 23.2 Å². The number of alkyl halides is 6. The molecule has 0 radical (unpaired) electrons. The van der Waals surface area contributed by atoms with Gasteiger partial charge in [0.25, 0.3) is 0 Å². The Balaban J connectivity index is 1.56. The molecule has 8 nitrogen and oxygen atoms in total. The standard InChI is InChI=1S/C27H24Cl2F6N8/c1-3-20-7-21(14-42(20)23-22(28)11-36-24(29)40-23)43(25-37-8-16(9-38-25)17-10-39-41(2)13-17)12-15-4-18(26(30,31)32)6-19(5-15)27(33,34)35/h4-6,8-11,13,20-21H,3,7,12,14H2,1-2H3/t20-,21+/m1/s1. The lowest BCUT2D eigenvalue weighted by molar-refractivity contribution is -0.143. The van der Waals surface area contributed by atoms with Crippen LogP contribution in [0.3, 0.4) is 0 Å². The second-order valence-electron chi connectivity index (χ2n) is 10.1. The molecule has 1 aliphatic heterocycles. The Hall–Kier alpha value is -3.65. The zero-order valence-corrected chi connectivity index (χ0v) is 24.2. The SMILES string of the molecule is CC[C@@H]1C[C@H](N(Cc2cc(C(F)(F)F)cc(C(F)(F)F)c2)c2ncc(-c3cnn(C)c3)cn2)CN1c1nc(Cl)ncc1Cl. The van der Waals surface area contributed by atoms with E-state index in [4.69, 9.17) is 23.2 Å². The number of nitrogens with zero attached hydrogens (tertiary/aromatic N) is 8. The van der Waals surface area contributed by atoms with Gasteiger partial charge in [-0.1, -0.05) is 18.5 Å². The lowest BCUT2D eigenvalue weighted by Crippen LogP contribution is -2.39. The minimum Gasteiger partial charge on any atom is -0.350 e. The third kappa shape index (κ3) is 6.80. The van der Waals surface area contributed by atoms with E-state index in [0.717, 1.165) is 17.7 Å². The molecule has 43 heavy (non-hydrogen) atoms. The van der Waals surface area contributed by atoms with Gasteiger partial charge in [0.1, 0.15) is 5.02 Å². The quantitative estimate of drug-likeness (QED) is 0.157. The number of halogens is 8. The van der Waals surface area contributed by atoms with Crippen LogP contribution in [0.4, 0.5) is 38.1 Å². The van der Waals surface area contributed by atoms with Crippen LogP contribution in [-0.4, -0.2) is 48.3 Å². The van der Waals surface area contributed by atoms with Crippen LogP contribution in [0.15, 0.2) is 49.2 Å². The van der Waals surface area contributed by atoms with Gasteiger partial charge in [0.15, 0.2) is 5.82 Å². The van der Waals surface area contributed by atoms with Crippen LogP contribution in [-0.2, 0) is 25.9 Å². The van der Waals surface area contributed by atoms with Crippen LogP contribution in [0, 0.1) is 0 Å². The van der Waals surface area contributed by atoms with Gasteiger partial charge < -0.3 is 9.80 Å². The van der Waals surface area contributed by atoms with Crippen LogP contribution in [0.5, 0.6) is 0 Å². The van der Waals surface area contributed by atoms with Gasteiger partial charge in [-0.15, -0.1) is 0 Å². The highest BCUT2D eigenvalue weighted by Crippen LogP contribution is 2.38. The Kier molecular flexibility index (Phi) is 8.45. The number of aromatic nitrogens is 6. The van der Waals surface area contributed by atoms with Crippen LogP contribution in [0.2, 0.25) is 10.3 Å². The Bertz CT molecular complexity index is 1560. The first-order valence-electron chi connectivity index (χ1n) is 13.0. The fourth-order valence-corrected chi connectivity index (χ4v) is 5.49. The van der Waals surface area contributed by atoms with Gasteiger partial charge in [-0.2, -0.15) is 36.4 Å². The summed E-state index contributed by atoms with van der Waals surface area (Å²) in [4.78, 5) is 20.6. The van der Waals surface area contributed by atoms with E-state index in [1.54, 1.807) is 29.0 Å². The fourth-order valence-electron chi connectivity index (χ4n) is 5.16. The third-order valence-corrected chi connectivity index (χ3v) is 7.66. The number of benzene rings is 1. The Morgan fingerprint density at radius 3 is 2.12 bits per heavy atom. The van der Waals surface area contributed by atoms with E-state index in [9.17, 15) is 26.3 Å². The van der Waals surface area contributed by atoms with Gasteiger partial charge in [0.2, 0.25) is 11.2 Å². The second kappa shape index (κ2) is 11.8. The van der Waals surface area contributed by atoms with Crippen molar-refractivity contribution < 1.29 is 26.3 Å². The largest absolute Gasteiger partial charge is 0.416 e. The maximum atomic E-state index is 13.7. The van der Waals surface area contributed by atoms with E-state index in [0.29, 0.717) is 24.2 Å². The summed E-state index contributed by atoms with van der Waals surface area (Å²) in [5.41, 5.74) is -1.62. The van der Waals surface area contributed by atoms with E-state index in [1.165, 1.54) is 18.6 Å².